The summed E-state index contributed by atoms with van der Waals surface area (Å²) < 4.78 is 0. The largest absolute Gasteiger partial charge is 0.306 e. The molecule has 1 fully saturated rings. The SMILES string of the molecule is CCNC1(c2csc(C)n2)CC1. The molecule has 1 heterocycles. The molecule has 12 heavy (non-hydrogen) atoms. The molecule has 0 spiro atoms. The van der Waals surface area contributed by atoms with Crippen LogP contribution in [0.3, 0.4) is 0 Å². The third kappa shape index (κ3) is 1.27. The molecule has 3 heteroatoms. The molecule has 0 aliphatic heterocycles. The Morgan fingerprint density at radius 1 is 1.67 bits per heavy atom. The van der Waals surface area contributed by atoms with E-state index < -0.39 is 0 Å². The summed E-state index contributed by atoms with van der Waals surface area (Å²) in [7, 11) is 0. The first-order valence-electron chi connectivity index (χ1n) is 4.44. The molecule has 0 radical (unpaired) electrons. The summed E-state index contributed by atoms with van der Waals surface area (Å²) in [6.07, 6.45) is 2.51. The van der Waals surface area contributed by atoms with Gasteiger partial charge < -0.3 is 5.32 Å². The normalized spacial score (nSPS) is 19.5. The van der Waals surface area contributed by atoms with Gasteiger partial charge in [0.05, 0.1) is 16.2 Å². The quantitative estimate of drug-likeness (QED) is 0.774. The minimum Gasteiger partial charge on any atom is -0.306 e. The maximum Gasteiger partial charge on any atom is 0.0898 e. The van der Waals surface area contributed by atoms with Crippen molar-refractivity contribution in [2.24, 2.45) is 0 Å². The van der Waals surface area contributed by atoms with E-state index in [9.17, 15) is 0 Å². The highest BCUT2D eigenvalue weighted by molar-refractivity contribution is 7.09. The Morgan fingerprint density at radius 3 is 2.83 bits per heavy atom. The molecule has 1 aromatic heterocycles. The van der Waals surface area contributed by atoms with Crippen molar-refractivity contribution < 1.29 is 0 Å². The van der Waals surface area contributed by atoms with Gasteiger partial charge in [0, 0.05) is 5.38 Å². The molecule has 2 nitrogen and oxygen atoms in total. The monoisotopic (exact) mass is 182 g/mol. The fourth-order valence-corrected chi connectivity index (χ4v) is 2.28. The van der Waals surface area contributed by atoms with E-state index in [2.05, 4.69) is 29.5 Å². The Labute approximate surface area is 77.0 Å². The third-order valence-electron chi connectivity index (χ3n) is 2.37. The minimum absolute atomic E-state index is 0.263. The van der Waals surface area contributed by atoms with Crippen LogP contribution in [0.4, 0.5) is 0 Å². The molecule has 66 valence electrons. The number of nitrogens with zero attached hydrogens (tertiary/aromatic N) is 1. The summed E-state index contributed by atoms with van der Waals surface area (Å²) in [6, 6.07) is 0. The first-order chi connectivity index (χ1) is 5.77. The minimum atomic E-state index is 0.263. The highest BCUT2D eigenvalue weighted by atomic mass is 32.1. The van der Waals surface area contributed by atoms with Crippen LogP contribution in [-0.2, 0) is 5.54 Å². The summed E-state index contributed by atoms with van der Waals surface area (Å²) >= 11 is 1.75. The highest BCUT2D eigenvalue weighted by Crippen LogP contribution is 2.45. The lowest BCUT2D eigenvalue weighted by Gasteiger charge is -2.12. The first-order valence-corrected chi connectivity index (χ1v) is 5.32. The van der Waals surface area contributed by atoms with Crippen molar-refractivity contribution >= 4 is 11.3 Å². The molecular formula is C9H14N2S. The number of thiazole rings is 1. The molecule has 1 N–H and O–H groups in total. The van der Waals surface area contributed by atoms with Crippen LogP contribution in [0.2, 0.25) is 0 Å². The van der Waals surface area contributed by atoms with Gasteiger partial charge in [0.1, 0.15) is 0 Å². The molecule has 1 aliphatic rings. The van der Waals surface area contributed by atoms with Gasteiger partial charge in [-0.25, -0.2) is 4.98 Å². The van der Waals surface area contributed by atoms with Gasteiger partial charge in [-0.3, -0.25) is 0 Å². The van der Waals surface area contributed by atoms with E-state index in [-0.39, 0.29) is 5.54 Å². The maximum absolute atomic E-state index is 4.52. The van der Waals surface area contributed by atoms with Crippen LogP contribution in [0.15, 0.2) is 5.38 Å². The zero-order valence-electron chi connectivity index (χ0n) is 7.55. The second-order valence-electron chi connectivity index (χ2n) is 3.36. The van der Waals surface area contributed by atoms with Gasteiger partial charge in [-0.2, -0.15) is 0 Å². The number of hydrogen-bond donors (Lipinski definition) is 1. The van der Waals surface area contributed by atoms with Crippen molar-refractivity contribution in [3.63, 3.8) is 0 Å². The Bertz CT molecular complexity index is 276. The lowest BCUT2D eigenvalue weighted by Crippen LogP contribution is -2.28. The molecule has 0 unspecified atom stereocenters. The van der Waals surface area contributed by atoms with Crippen LogP contribution < -0.4 is 5.32 Å². The van der Waals surface area contributed by atoms with Gasteiger partial charge in [0.15, 0.2) is 0 Å². The number of aryl methyl sites for hydroxylation is 1. The second-order valence-corrected chi connectivity index (χ2v) is 4.43. The highest BCUT2D eigenvalue weighted by Gasteiger charge is 2.45. The Hall–Kier alpha value is -0.410. The zero-order valence-corrected chi connectivity index (χ0v) is 8.37. The smallest absolute Gasteiger partial charge is 0.0898 e. The Morgan fingerprint density at radius 2 is 2.42 bits per heavy atom. The number of aromatic nitrogens is 1. The van der Waals surface area contributed by atoms with Crippen molar-refractivity contribution in [2.45, 2.75) is 32.2 Å². The molecule has 0 atom stereocenters. The van der Waals surface area contributed by atoms with Crippen LogP contribution >= 0.6 is 11.3 Å². The third-order valence-corrected chi connectivity index (χ3v) is 3.15. The van der Waals surface area contributed by atoms with Crippen LogP contribution in [-0.4, -0.2) is 11.5 Å². The molecule has 1 aromatic rings. The van der Waals surface area contributed by atoms with Crippen LogP contribution in [0, 0.1) is 6.92 Å². The predicted octanol–water partition coefficient (Wildman–Crippen LogP) is 2.05. The van der Waals surface area contributed by atoms with Crippen LogP contribution in [0.5, 0.6) is 0 Å². The van der Waals surface area contributed by atoms with Gasteiger partial charge in [-0.15, -0.1) is 11.3 Å². The van der Waals surface area contributed by atoms with Gasteiger partial charge in [0.25, 0.3) is 0 Å². The van der Waals surface area contributed by atoms with Crippen molar-refractivity contribution in [3.05, 3.63) is 16.1 Å². The van der Waals surface area contributed by atoms with E-state index in [0.29, 0.717) is 0 Å². The molecular weight excluding hydrogens is 168 g/mol. The maximum atomic E-state index is 4.52. The van der Waals surface area contributed by atoms with Crippen molar-refractivity contribution in [1.29, 1.82) is 0 Å². The van der Waals surface area contributed by atoms with E-state index in [0.717, 1.165) is 6.54 Å². The van der Waals surface area contributed by atoms with Crippen molar-refractivity contribution in [1.82, 2.24) is 10.3 Å². The fraction of sp³-hybridized carbons (Fsp3) is 0.667. The molecule has 1 aliphatic carbocycles. The van der Waals surface area contributed by atoms with Crippen molar-refractivity contribution in [2.75, 3.05) is 6.54 Å². The van der Waals surface area contributed by atoms with Crippen LogP contribution in [0.25, 0.3) is 0 Å². The lowest BCUT2D eigenvalue weighted by molar-refractivity contribution is 0.527. The van der Waals surface area contributed by atoms with Gasteiger partial charge in [-0.05, 0) is 26.3 Å². The van der Waals surface area contributed by atoms with E-state index in [1.54, 1.807) is 11.3 Å². The summed E-state index contributed by atoms with van der Waals surface area (Å²) in [4.78, 5) is 4.52. The van der Waals surface area contributed by atoms with Gasteiger partial charge in [0.2, 0.25) is 0 Å². The fourth-order valence-electron chi connectivity index (χ4n) is 1.57. The standard InChI is InChI=1S/C9H14N2S/c1-3-10-9(4-5-9)8-6-12-7(2)11-8/h6,10H,3-5H2,1-2H3. The molecule has 0 bridgehead atoms. The molecule has 1 saturated carbocycles. The van der Waals surface area contributed by atoms with Gasteiger partial charge >= 0.3 is 0 Å². The van der Waals surface area contributed by atoms with Gasteiger partial charge in [-0.1, -0.05) is 6.92 Å². The molecule has 0 aromatic carbocycles. The topological polar surface area (TPSA) is 24.9 Å². The van der Waals surface area contributed by atoms with Crippen molar-refractivity contribution in [3.8, 4) is 0 Å². The number of hydrogen-bond acceptors (Lipinski definition) is 3. The second kappa shape index (κ2) is 2.82. The molecule has 0 amide bonds. The zero-order chi connectivity index (χ0) is 8.60. The average molecular weight is 182 g/mol. The van der Waals surface area contributed by atoms with E-state index in [4.69, 9.17) is 0 Å². The van der Waals surface area contributed by atoms with E-state index >= 15 is 0 Å². The van der Waals surface area contributed by atoms with E-state index in [1.807, 2.05) is 0 Å². The number of nitrogens with one attached hydrogen (secondary N) is 1. The Balaban J connectivity index is 2.18. The summed E-state index contributed by atoms with van der Waals surface area (Å²) in [5, 5.41) is 6.87. The lowest BCUT2D eigenvalue weighted by atomic mass is 10.2. The Kier molecular flexibility index (Phi) is 1.93. The summed E-state index contributed by atoms with van der Waals surface area (Å²) in [5.41, 5.74) is 1.52. The molecule has 2 rings (SSSR count). The molecule has 0 saturated heterocycles. The summed E-state index contributed by atoms with van der Waals surface area (Å²) in [5.74, 6) is 0. The average Bonchev–Trinajstić information content (AvgIpc) is 2.69. The predicted molar refractivity (Wildman–Crippen MR) is 51.4 cm³/mol. The summed E-state index contributed by atoms with van der Waals surface area (Å²) in [6.45, 7) is 5.26. The first kappa shape index (κ1) is 8.20. The number of rotatable bonds is 3. The van der Waals surface area contributed by atoms with E-state index in [1.165, 1.54) is 23.5 Å². The van der Waals surface area contributed by atoms with Crippen LogP contribution in [0.1, 0.15) is 30.5 Å².